The molecular formula is C16H25NO. The summed E-state index contributed by atoms with van der Waals surface area (Å²) in [7, 11) is 2.16. The number of hydrogen-bond acceptors (Lipinski definition) is 2. The Bertz CT molecular complexity index is 365. The molecule has 1 aliphatic rings. The van der Waals surface area contributed by atoms with E-state index in [0.29, 0.717) is 5.92 Å². The summed E-state index contributed by atoms with van der Waals surface area (Å²) < 4.78 is 0. The van der Waals surface area contributed by atoms with E-state index in [0.717, 1.165) is 31.5 Å². The summed E-state index contributed by atoms with van der Waals surface area (Å²) >= 11 is 0. The van der Waals surface area contributed by atoms with Crippen molar-refractivity contribution in [2.24, 2.45) is 5.92 Å². The number of likely N-dealkylation sites (tertiary alicyclic amines) is 1. The molecule has 2 rings (SSSR count). The Balaban J connectivity index is 2.21. The second-order valence-electron chi connectivity index (χ2n) is 5.64. The van der Waals surface area contributed by atoms with Crippen molar-refractivity contribution < 1.29 is 5.11 Å². The molecule has 18 heavy (non-hydrogen) atoms. The van der Waals surface area contributed by atoms with Gasteiger partial charge in [-0.3, -0.25) is 0 Å². The van der Waals surface area contributed by atoms with Crippen LogP contribution in [0.25, 0.3) is 0 Å². The summed E-state index contributed by atoms with van der Waals surface area (Å²) in [5.74, 6) is 0.360. The highest BCUT2D eigenvalue weighted by atomic mass is 16.3. The third-order valence-electron chi connectivity index (χ3n) is 4.26. The lowest BCUT2D eigenvalue weighted by Crippen LogP contribution is -2.48. The quantitative estimate of drug-likeness (QED) is 0.884. The molecule has 0 saturated carbocycles. The summed E-state index contributed by atoms with van der Waals surface area (Å²) in [6.07, 6.45) is 4.37. The molecule has 2 atom stereocenters. The van der Waals surface area contributed by atoms with Crippen LogP contribution in [0.15, 0.2) is 30.3 Å². The molecule has 100 valence electrons. The maximum absolute atomic E-state index is 11.1. The average Bonchev–Trinajstić information content (AvgIpc) is 2.41. The van der Waals surface area contributed by atoms with Crippen LogP contribution in [-0.4, -0.2) is 30.1 Å². The SMILES string of the molecule is CCCC[C@H]1CN(C)CC[C@@]1(O)c1ccccc1. The molecule has 0 unspecified atom stereocenters. The van der Waals surface area contributed by atoms with Crippen molar-refractivity contribution in [2.45, 2.75) is 38.2 Å². The zero-order valence-electron chi connectivity index (χ0n) is 11.6. The van der Waals surface area contributed by atoms with Crippen LogP contribution in [0.5, 0.6) is 0 Å². The fourth-order valence-corrected chi connectivity index (χ4v) is 3.07. The number of nitrogens with zero attached hydrogens (tertiary/aromatic N) is 1. The maximum Gasteiger partial charge on any atom is 0.0948 e. The van der Waals surface area contributed by atoms with Gasteiger partial charge < -0.3 is 10.0 Å². The lowest BCUT2D eigenvalue weighted by Gasteiger charge is -2.44. The standard InChI is InChI=1S/C16H25NO/c1-3-4-8-15-13-17(2)12-11-16(15,18)14-9-6-5-7-10-14/h5-7,9-10,15,18H,3-4,8,11-13H2,1-2H3/t15-,16+/m0/s1. The van der Waals surface area contributed by atoms with Gasteiger partial charge in [-0.1, -0.05) is 50.1 Å². The topological polar surface area (TPSA) is 23.5 Å². The predicted octanol–water partition coefficient (Wildman–Crippen LogP) is 3.02. The highest BCUT2D eigenvalue weighted by Crippen LogP contribution is 2.39. The van der Waals surface area contributed by atoms with Gasteiger partial charge in [0.25, 0.3) is 0 Å². The molecule has 1 heterocycles. The van der Waals surface area contributed by atoms with Gasteiger partial charge in [0.15, 0.2) is 0 Å². The Morgan fingerprint density at radius 3 is 2.72 bits per heavy atom. The molecule has 2 nitrogen and oxygen atoms in total. The number of aliphatic hydroxyl groups is 1. The van der Waals surface area contributed by atoms with Gasteiger partial charge in [-0.15, -0.1) is 0 Å². The van der Waals surface area contributed by atoms with Crippen LogP contribution in [0.1, 0.15) is 38.2 Å². The van der Waals surface area contributed by atoms with Crippen LogP contribution in [0.2, 0.25) is 0 Å². The fraction of sp³-hybridized carbons (Fsp3) is 0.625. The Labute approximate surface area is 111 Å². The van der Waals surface area contributed by atoms with Crippen LogP contribution in [0.3, 0.4) is 0 Å². The van der Waals surface area contributed by atoms with Gasteiger partial charge in [0.2, 0.25) is 0 Å². The Morgan fingerprint density at radius 1 is 1.33 bits per heavy atom. The van der Waals surface area contributed by atoms with E-state index in [9.17, 15) is 5.11 Å². The van der Waals surface area contributed by atoms with Crippen molar-refractivity contribution in [3.63, 3.8) is 0 Å². The summed E-state index contributed by atoms with van der Waals surface area (Å²) in [6, 6.07) is 10.2. The van der Waals surface area contributed by atoms with E-state index in [-0.39, 0.29) is 0 Å². The van der Waals surface area contributed by atoms with Gasteiger partial charge in [-0.2, -0.15) is 0 Å². The predicted molar refractivity (Wildman–Crippen MR) is 75.5 cm³/mol. The number of benzene rings is 1. The average molecular weight is 247 g/mol. The van der Waals surface area contributed by atoms with Crippen molar-refractivity contribution in [1.29, 1.82) is 0 Å². The molecule has 0 radical (unpaired) electrons. The first-order valence-electron chi connectivity index (χ1n) is 7.13. The van der Waals surface area contributed by atoms with Crippen molar-refractivity contribution in [3.8, 4) is 0 Å². The van der Waals surface area contributed by atoms with Crippen LogP contribution >= 0.6 is 0 Å². The van der Waals surface area contributed by atoms with E-state index < -0.39 is 5.60 Å². The molecule has 0 bridgehead atoms. The van der Waals surface area contributed by atoms with Crippen molar-refractivity contribution in [3.05, 3.63) is 35.9 Å². The molecule has 1 saturated heterocycles. The second kappa shape index (κ2) is 5.85. The molecule has 1 fully saturated rings. The van der Waals surface area contributed by atoms with Gasteiger partial charge in [-0.25, -0.2) is 0 Å². The van der Waals surface area contributed by atoms with Crippen LogP contribution < -0.4 is 0 Å². The second-order valence-corrected chi connectivity index (χ2v) is 5.64. The van der Waals surface area contributed by atoms with E-state index in [4.69, 9.17) is 0 Å². The Morgan fingerprint density at radius 2 is 2.06 bits per heavy atom. The highest BCUT2D eigenvalue weighted by Gasteiger charge is 2.41. The molecule has 1 aromatic carbocycles. The van der Waals surface area contributed by atoms with E-state index >= 15 is 0 Å². The molecular weight excluding hydrogens is 222 g/mol. The minimum absolute atomic E-state index is 0.360. The zero-order valence-corrected chi connectivity index (χ0v) is 11.6. The first kappa shape index (κ1) is 13.6. The zero-order chi connectivity index (χ0) is 13.0. The van der Waals surface area contributed by atoms with Gasteiger partial charge in [0.05, 0.1) is 5.60 Å². The van der Waals surface area contributed by atoms with Gasteiger partial charge in [0, 0.05) is 19.0 Å². The Kier molecular flexibility index (Phi) is 4.41. The van der Waals surface area contributed by atoms with E-state index in [1.807, 2.05) is 18.2 Å². The van der Waals surface area contributed by atoms with E-state index in [1.54, 1.807) is 0 Å². The molecule has 0 aromatic heterocycles. The minimum Gasteiger partial charge on any atom is -0.385 e. The van der Waals surface area contributed by atoms with Crippen LogP contribution in [0.4, 0.5) is 0 Å². The molecule has 1 N–H and O–H groups in total. The monoisotopic (exact) mass is 247 g/mol. The largest absolute Gasteiger partial charge is 0.385 e. The van der Waals surface area contributed by atoms with Gasteiger partial charge >= 0.3 is 0 Å². The Hall–Kier alpha value is -0.860. The number of rotatable bonds is 4. The summed E-state index contributed by atoms with van der Waals surface area (Å²) in [6.45, 7) is 4.20. The minimum atomic E-state index is -0.622. The summed E-state index contributed by atoms with van der Waals surface area (Å²) in [4.78, 5) is 2.34. The lowest BCUT2D eigenvalue weighted by molar-refractivity contribution is -0.0766. The molecule has 2 heteroatoms. The first-order valence-corrected chi connectivity index (χ1v) is 7.13. The van der Waals surface area contributed by atoms with E-state index in [2.05, 4.69) is 31.0 Å². The van der Waals surface area contributed by atoms with Crippen LogP contribution in [-0.2, 0) is 5.60 Å². The molecule has 0 aliphatic carbocycles. The summed E-state index contributed by atoms with van der Waals surface area (Å²) in [5.41, 5.74) is 0.474. The smallest absolute Gasteiger partial charge is 0.0948 e. The normalized spacial score (nSPS) is 29.4. The first-order chi connectivity index (χ1) is 8.66. The lowest BCUT2D eigenvalue weighted by atomic mass is 9.74. The number of hydrogen-bond donors (Lipinski definition) is 1. The van der Waals surface area contributed by atoms with Crippen LogP contribution in [0, 0.1) is 5.92 Å². The molecule has 0 amide bonds. The van der Waals surface area contributed by atoms with Crippen molar-refractivity contribution in [1.82, 2.24) is 4.90 Å². The van der Waals surface area contributed by atoms with Gasteiger partial charge in [-0.05, 0) is 25.5 Å². The van der Waals surface area contributed by atoms with E-state index in [1.165, 1.54) is 12.8 Å². The summed E-state index contributed by atoms with van der Waals surface area (Å²) in [5, 5.41) is 11.1. The molecule has 1 aliphatic heterocycles. The van der Waals surface area contributed by atoms with Gasteiger partial charge in [0.1, 0.15) is 0 Å². The third kappa shape index (κ3) is 2.76. The number of unbranched alkanes of at least 4 members (excludes halogenated alkanes) is 1. The van der Waals surface area contributed by atoms with Crippen molar-refractivity contribution >= 4 is 0 Å². The third-order valence-corrected chi connectivity index (χ3v) is 4.26. The highest BCUT2D eigenvalue weighted by molar-refractivity contribution is 5.24. The number of piperidine rings is 1. The maximum atomic E-state index is 11.1. The molecule has 0 spiro atoms. The molecule has 1 aromatic rings. The fourth-order valence-electron chi connectivity index (χ4n) is 3.07. The van der Waals surface area contributed by atoms with Crippen molar-refractivity contribution in [2.75, 3.05) is 20.1 Å².